The van der Waals surface area contributed by atoms with Crippen LogP contribution in [0.25, 0.3) is 0 Å². The van der Waals surface area contributed by atoms with E-state index >= 15 is 0 Å². The van der Waals surface area contributed by atoms with Crippen LogP contribution in [-0.4, -0.2) is 47.9 Å². The summed E-state index contributed by atoms with van der Waals surface area (Å²) in [6.45, 7) is 8.20. The number of methoxy groups -OCH3 is 1. The normalized spacial score (nSPS) is 20.3. The Morgan fingerprint density at radius 1 is 1.43 bits per heavy atom. The standard InChI is InChI=1S/C15H26N2O4/c1-6-11(8-13(19)21-5)16-14(20)10-7-12(18)17(9-10)15(2,3)4/h10-11H,6-9H2,1-5H3,(H,16,20). The van der Waals surface area contributed by atoms with Crippen LogP contribution in [0.5, 0.6) is 0 Å². The molecule has 1 N–H and O–H groups in total. The molecular weight excluding hydrogens is 272 g/mol. The number of nitrogens with zero attached hydrogens (tertiary/aromatic N) is 1. The number of amides is 2. The van der Waals surface area contributed by atoms with Crippen LogP contribution < -0.4 is 5.32 Å². The number of hydrogen-bond acceptors (Lipinski definition) is 4. The van der Waals surface area contributed by atoms with Crippen molar-refractivity contribution in [3.8, 4) is 0 Å². The summed E-state index contributed by atoms with van der Waals surface area (Å²) in [7, 11) is 1.33. The summed E-state index contributed by atoms with van der Waals surface area (Å²) in [4.78, 5) is 37.3. The lowest BCUT2D eigenvalue weighted by atomic mass is 10.0. The van der Waals surface area contributed by atoms with Crippen LogP contribution in [0, 0.1) is 5.92 Å². The Morgan fingerprint density at radius 2 is 2.05 bits per heavy atom. The molecule has 1 heterocycles. The van der Waals surface area contributed by atoms with Gasteiger partial charge in [-0.3, -0.25) is 14.4 Å². The van der Waals surface area contributed by atoms with Gasteiger partial charge < -0.3 is 15.0 Å². The van der Waals surface area contributed by atoms with E-state index in [-0.39, 0.29) is 48.1 Å². The van der Waals surface area contributed by atoms with Crippen LogP contribution in [0.1, 0.15) is 47.0 Å². The van der Waals surface area contributed by atoms with Gasteiger partial charge in [0.1, 0.15) is 0 Å². The zero-order valence-electron chi connectivity index (χ0n) is 13.6. The summed E-state index contributed by atoms with van der Waals surface area (Å²) in [5, 5.41) is 2.85. The molecule has 0 saturated carbocycles. The van der Waals surface area contributed by atoms with Crippen LogP contribution in [-0.2, 0) is 19.1 Å². The highest BCUT2D eigenvalue weighted by Crippen LogP contribution is 2.26. The molecule has 0 bridgehead atoms. The Kier molecular flexibility index (Phi) is 5.75. The molecule has 6 heteroatoms. The molecule has 0 aromatic rings. The zero-order valence-corrected chi connectivity index (χ0v) is 13.6. The molecule has 0 aromatic heterocycles. The zero-order chi connectivity index (χ0) is 16.2. The summed E-state index contributed by atoms with van der Waals surface area (Å²) < 4.78 is 4.62. The van der Waals surface area contributed by atoms with Crippen molar-refractivity contribution in [1.82, 2.24) is 10.2 Å². The molecule has 1 aliphatic heterocycles. The van der Waals surface area contributed by atoms with Gasteiger partial charge in [0, 0.05) is 24.5 Å². The van der Waals surface area contributed by atoms with Gasteiger partial charge in [-0.05, 0) is 27.2 Å². The summed E-state index contributed by atoms with van der Waals surface area (Å²) in [5.41, 5.74) is -0.276. The number of rotatable bonds is 5. The molecule has 1 rings (SSSR count). The fourth-order valence-electron chi connectivity index (χ4n) is 2.43. The van der Waals surface area contributed by atoms with Crippen molar-refractivity contribution in [3.63, 3.8) is 0 Å². The predicted molar refractivity (Wildman–Crippen MR) is 78.4 cm³/mol. The summed E-state index contributed by atoms with van der Waals surface area (Å²) in [6, 6.07) is -0.247. The van der Waals surface area contributed by atoms with E-state index in [4.69, 9.17) is 0 Å². The van der Waals surface area contributed by atoms with Crippen molar-refractivity contribution < 1.29 is 19.1 Å². The predicted octanol–water partition coefficient (Wildman–Crippen LogP) is 1.09. The molecular formula is C15H26N2O4. The molecule has 120 valence electrons. The Labute approximate surface area is 126 Å². The molecule has 0 spiro atoms. The number of carbonyl (C=O) groups excluding carboxylic acids is 3. The first-order valence-electron chi connectivity index (χ1n) is 7.36. The van der Waals surface area contributed by atoms with Crippen LogP contribution in [0.4, 0.5) is 0 Å². The summed E-state index contributed by atoms with van der Waals surface area (Å²) in [5.74, 6) is -0.848. The lowest BCUT2D eigenvalue weighted by Gasteiger charge is -2.32. The number of esters is 1. The monoisotopic (exact) mass is 298 g/mol. The second-order valence-electron chi connectivity index (χ2n) is 6.47. The van der Waals surface area contributed by atoms with Gasteiger partial charge in [-0.2, -0.15) is 0 Å². The lowest BCUT2D eigenvalue weighted by Crippen LogP contribution is -2.44. The minimum Gasteiger partial charge on any atom is -0.469 e. The van der Waals surface area contributed by atoms with Gasteiger partial charge in [-0.1, -0.05) is 6.92 Å². The lowest BCUT2D eigenvalue weighted by molar-refractivity contribution is -0.141. The highest BCUT2D eigenvalue weighted by Gasteiger charge is 2.39. The topological polar surface area (TPSA) is 75.7 Å². The van der Waals surface area contributed by atoms with Gasteiger partial charge in [-0.25, -0.2) is 0 Å². The van der Waals surface area contributed by atoms with Gasteiger partial charge in [-0.15, -0.1) is 0 Å². The molecule has 2 amide bonds. The maximum Gasteiger partial charge on any atom is 0.307 e. The second-order valence-corrected chi connectivity index (χ2v) is 6.47. The van der Waals surface area contributed by atoms with E-state index in [0.717, 1.165) is 0 Å². The fraction of sp³-hybridized carbons (Fsp3) is 0.800. The smallest absolute Gasteiger partial charge is 0.307 e. The maximum absolute atomic E-state index is 12.3. The van der Waals surface area contributed by atoms with Crippen molar-refractivity contribution in [3.05, 3.63) is 0 Å². The van der Waals surface area contributed by atoms with Crippen LogP contribution >= 0.6 is 0 Å². The molecule has 0 aromatic carbocycles. The third-order valence-electron chi connectivity index (χ3n) is 3.79. The first-order valence-corrected chi connectivity index (χ1v) is 7.36. The summed E-state index contributed by atoms with van der Waals surface area (Å²) >= 11 is 0. The minimum absolute atomic E-state index is 0.00339. The van der Waals surface area contributed by atoms with E-state index in [1.54, 1.807) is 4.90 Å². The van der Waals surface area contributed by atoms with Gasteiger partial charge in [0.05, 0.1) is 19.4 Å². The molecule has 1 saturated heterocycles. The highest BCUT2D eigenvalue weighted by atomic mass is 16.5. The van der Waals surface area contributed by atoms with Gasteiger partial charge in [0.15, 0.2) is 0 Å². The van der Waals surface area contributed by atoms with Crippen molar-refractivity contribution in [1.29, 1.82) is 0 Å². The van der Waals surface area contributed by atoms with Crippen LogP contribution in [0.2, 0.25) is 0 Å². The fourth-order valence-corrected chi connectivity index (χ4v) is 2.43. The summed E-state index contributed by atoms with van der Waals surface area (Å²) in [6.07, 6.45) is 1.03. The van der Waals surface area contributed by atoms with Crippen molar-refractivity contribution in [2.45, 2.75) is 58.5 Å². The Hall–Kier alpha value is -1.59. The van der Waals surface area contributed by atoms with Crippen molar-refractivity contribution >= 4 is 17.8 Å². The van der Waals surface area contributed by atoms with Crippen molar-refractivity contribution in [2.75, 3.05) is 13.7 Å². The highest BCUT2D eigenvalue weighted by molar-refractivity contribution is 5.90. The molecule has 1 fully saturated rings. The third-order valence-corrected chi connectivity index (χ3v) is 3.79. The first kappa shape index (κ1) is 17.5. The number of carbonyl (C=O) groups is 3. The van der Waals surface area contributed by atoms with E-state index in [2.05, 4.69) is 10.1 Å². The van der Waals surface area contributed by atoms with E-state index in [1.165, 1.54) is 7.11 Å². The minimum atomic E-state index is -0.346. The Balaban J connectivity index is 2.60. The van der Waals surface area contributed by atoms with Gasteiger partial charge in [0.2, 0.25) is 11.8 Å². The SMILES string of the molecule is CCC(CC(=O)OC)NC(=O)C1CC(=O)N(C(C)(C)C)C1. The molecule has 0 radical (unpaired) electrons. The number of nitrogens with one attached hydrogen (secondary N) is 1. The number of hydrogen-bond donors (Lipinski definition) is 1. The Morgan fingerprint density at radius 3 is 2.48 bits per heavy atom. The average Bonchev–Trinajstić information content (AvgIpc) is 2.79. The quantitative estimate of drug-likeness (QED) is 0.771. The molecule has 6 nitrogen and oxygen atoms in total. The van der Waals surface area contributed by atoms with Crippen LogP contribution in [0.3, 0.4) is 0 Å². The van der Waals surface area contributed by atoms with E-state index in [9.17, 15) is 14.4 Å². The third kappa shape index (κ3) is 4.72. The van der Waals surface area contributed by atoms with E-state index in [0.29, 0.717) is 13.0 Å². The molecule has 21 heavy (non-hydrogen) atoms. The number of likely N-dealkylation sites (tertiary alicyclic amines) is 1. The van der Waals surface area contributed by atoms with E-state index < -0.39 is 0 Å². The van der Waals surface area contributed by atoms with Crippen LogP contribution in [0.15, 0.2) is 0 Å². The molecule has 0 aliphatic carbocycles. The molecule has 2 atom stereocenters. The van der Waals surface area contributed by atoms with Gasteiger partial charge in [0.25, 0.3) is 0 Å². The second kappa shape index (κ2) is 6.91. The van der Waals surface area contributed by atoms with E-state index in [1.807, 2.05) is 27.7 Å². The molecule has 1 aliphatic rings. The first-order chi connectivity index (χ1) is 9.68. The Bertz CT molecular complexity index is 414. The maximum atomic E-state index is 12.3. The average molecular weight is 298 g/mol. The van der Waals surface area contributed by atoms with Crippen molar-refractivity contribution in [2.24, 2.45) is 5.92 Å². The molecule has 2 unspecified atom stereocenters. The largest absolute Gasteiger partial charge is 0.469 e. The number of ether oxygens (including phenoxy) is 1. The van der Waals surface area contributed by atoms with Gasteiger partial charge >= 0.3 is 5.97 Å².